The van der Waals surface area contributed by atoms with Crippen molar-refractivity contribution in [2.75, 3.05) is 12.3 Å². The van der Waals surface area contributed by atoms with Gasteiger partial charge >= 0.3 is 5.97 Å². The van der Waals surface area contributed by atoms with Crippen LogP contribution in [0.2, 0.25) is 0 Å². The molecule has 0 spiro atoms. The zero-order chi connectivity index (χ0) is 9.40. The molecule has 0 rings (SSSR count). The van der Waals surface area contributed by atoms with E-state index >= 15 is 0 Å². The van der Waals surface area contributed by atoms with Crippen LogP contribution in [0.5, 0.6) is 0 Å². The average molecular weight is 191 g/mol. The number of carbonyl (C=O) groups is 1. The van der Waals surface area contributed by atoms with Crippen LogP contribution in [0.15, 0.2) is 0 Å². The molecule has 0 aromatic carbocycles. The molecule has 0 saturated carbocycles. The quantitative estimate of drug-likeness (QED) is 0.418. The standard InChI is InChI=1S/C8H17NO2S/c1-2-3-4-5-9-7(6-12)8(10)11/h7,9,12H,2-6H2,1H3,(H,10,11)/t7-/m1/s1. The van der Waals surface area contributed by atoms with Crippen LogP contribution in [0.4, 0.5) is 0 Å². The molecule has 0 radical (unpaired) electrons. The molecule has 0 aliphatic heterocycles. The number of hydrogen-bond donors (Lipinski definition) is 3. The van der Waals surface area contributed by atoms with E-state index in [1.54, 1.807) is 0 Å². The number of rotatable bonds is 7. The molecule has 4 heteroatoms. The summed E-state index contributed by atoms with van der Waals surface area (Å²) in [5.74, 6) is -0.469. The fraction of sp³-hybridized carbons (Fsp3) is 0.875. The van der Waals surface area contributed by atoms with Gasteiger partial charge in [-0.3, -0.25) is 4.79 Å². The molecule has 1 atom stereocenters. The first-order valence-corrected chi connectivity index (χ1v) is 4.92. The van der Waals surface area contributed by atoms with E-state index < -0.39 is 12.0 Å². The number of thiol groups is 1. The first-order valence-electron chi connectivity index (χ1n) is 4.29. The van der Waals surface area contributed by atoms with E-state index in [9.17, 15) is 4.79 Å². The SMILES string of the molecule is CCCCCN[C@H](CS)C(=O)O. The third-order valence-electron chi connectivity index (χ3n) is 1.65. The van der Waals surface area contributed by atoms with Gasteiger partial charge in [-0.25, -0.2) is 0 Å². The van der Waals surface area contributed by atoms with Crippen molar-refractivity contribution in [2.45, 2.75) is 32.2 Å². The Balaban J connectivity index is 3.38. The summed E-state index contributed by atoms with van der Waals surface area (Å²) in [5, 5.41) is 11.5. The van der Waals surface area contributed by atoms with Gasteiger partial charge in [-0.2, -0.15) is 12.6 Å². The Morgan fingerprint density at radius 3 is 2.67 bits per heavy atom. The molecule has 0 amide bonds. The van der Waals surface area contributed by atoms with Gasteiger partial charge in [0.05, 0.1) is 0 Å². The second-order valence-corrected chi connectivity index (χ2v) is 3.10. The largest absolute Gasteiger partial charge is 0.480 e. The smallest absolute Gasteiger partial charge is 0.321 e. The second-order valence-electron chi connectivity index (χ2n) is 2.73. The summed E-state index contributed by atoms with van der Waals surface area (Å²) in [6.45, 7) is 2.89. The maximum absolute atomic E-state index is 10.5. The van der Waals surface area contributed by atoms with Crippen molar-refractivity contribution in [1.29, 1.82) is 0 Å². The van der Waals surface area contributed by atoms with Crippen molar-refractivity contribution in [3.8, 4) is 0 Å². The van der Waals surface area contributed by atoms with Crippen LogP contribution in [0.1, 0.15) is 26.2 Å². The molecule has 0 aromatic heterocycles. The molecular formula is C8H17NO2S. The number of unbranched alkanes of at least 4 members (excludes halogenated alkanes) is 2. The number of carboxylic acids is 1. The summed E-state index contributed by atoms with van der Waals surface area (Å²) in [7, 11) is 0. The van der Waals surface area contributed by atoms with Crippen LogP contribution in [0.3, 0.4) is 0 Å². The van der Waals surface area contributed by atoms with Gasteiger partial charge in [0.25, 0.3) is 0 Å². The molecule has 3 nitrogen and oxygen atoms in total. The zero-order valence-corrected chi connectivity index (χ0v) is 8.31. The Labute approximate surface area is 79.0 Å². The molecule has 0 aromatic rings. The molecule has 0 unspecified atom stereocenters. The molecule has 12 heavy (non-hydrogen) atoms. The highest BCUT2D eigenvalue weighted by Gasteiger charge is 2.12. The van der Waals surface area contributed by atoms with Gasteiger partial charge in [0, 0.05) is 5.75 Å². The van der Waals surface area contributed by atoms with E-state index in [-0.39, 0.29) is 0 Å². The van der Waals surface area contributed by atoms with E-state index in [0.29, 0.717) is 5.75 Å². The lowest BCUT2D eigenvalue weighted by Gasteiger charge is -2.10. The van der Waals surface area contributed by atoms with Gasteiger partial charge in [0.1, 0.15) is 6.04 Å². The van der Waals surface area contributed by atoms with Crippen LogP contribution in [-0.2, 0) is 4.79 Å². The maximum Gasteiger partial charge on any atom is 0.321 e. The van der Waals surface area contributed by atoms with Crippen LogP contribution >= 0.6 is 12.6 Å². The monoisotopic (exact) mass is 191 g/mol. The molecule has 0 saturated heterocycles. The summed E-state index contributed by atoms with van der Waals surface area (Å²) in [4.78, 5) is 10.5. The van der Waals surface area contributed by atoms with E-state index in [1.807, 2.05) is 0 Å². The summed E-state index contributed by atoms with van der Waals surface area (Å²) < 4.78 is 0. The highest BCUT2D eigenvalue weighted by Crippen LogP contribution is 1.93. The minimum atomic E-state index is -0.818. The summed E-state index contributed by atoms with van der Waals surface area (Å²) in [6.07, 6.45) is 3.33. The van der Waals surface area contributed by atoms with Crippen LogP contribution in [0.25, 0.3) is 0 Å². The Kier molecular flexibility index (Phi) is 7.29. The molecule has 2 N–H and O–H groups in total. The minimum Gasteiger partial charge on any atom is -0.480 e. The Morgan fingerprint density at radius 2 is 2.25 bits per heavy atom. The Hall–Kier alpha value is -0.220. The third kappa shape index (κ3) is 5.43. The van der Waals surface area contributed by atoms with Crippen molar-refractivity contribution in [3.05, 3.63) is 0 Å². The van der Waals surface area contributed by atoms with Gasteiger partial charge in [-0.05, 0) is 13.0 Å². The minimum absolute atomic E-state index is 0.349. The van der Waals surface area contributed by atoms with E-state index in [2.05, 4.69) is 24.9 Å². The Bertz CT molecular complexity index is 130. The van der Waals surface area contributed by atoms with Gasteiger partial charge in [-0.1, -0.05) is 19.8 Å². The average Bonchev–Trinajstić information content (AvgIpc) is 2.04. The van der Waals surface area contributed by atoms with Crippen molar-refractivity contribution in [2.24, 2.45) is 0 Å². The molecule has 0 bridgehead atoms. The van der Waals surface area contributed by atoms with Gasteiger partial charge in [0.15, 0.2) is 0 Å². The molecule has 0 aliphatic rings. The van der Waals surface area contributed by atoms with E-state index in [4.69, 9.17) is 5.11 Å². The zero-order valence-electron chi connectivity index (χ0n) is 7.42. The second kappa shape index (κ2) is 7.43. The molecule has 0 aliphatic carbocycles. The highest BCUT2D eigenvalue weighted by atomic mass is 32.1. The van der Waals surface area contributed by atoms with Crippen LogP contribution < -0.4 is 5.32 Å². The third-order valence-corrected chi connectivity index (χ3v) is 2.02. The van der Waals surface area contributed by atoms with Crippen LogP contribution in [-0.4, -0.2) is 29.4 Å². The lowest BCUT2D eigenvalue weighted by atomic mass is 10.2. The summed E-state index contributed by atoms with van der Waals surface area (Å²) >= 11 is 3.94. The number of hydrogen-bond acceptors (Lipinski definition) is 3. The number of nitrogens with one attached hydrogen (secondary N) is 1. The van der Waals surface area contributed by atoms with Crippen molar-refractivity contribution in [1.82, 2.24) is 5.32 Å². The van der Waals surface area contributed by atoms with Crippen molar-refractivity contribution in [3.63, 3.8) is 0 Å². The normalized spacial score (nSPS) is 12.8. The fourth-order valence-corrected chi connectivity index (χ4v) is 1.17. The molecular weight excluding hydrogens is 174 g/mol. The lowest BCUT2D eigenvalue weighted by Crippen LogP contribution is -2.38. The van der Waals surface area contributed by atoms with E-state index in [0.717, 1.165) is 25.8 Å². The summed E-state index contributed by atoms with van der Waals surface area (Å²) in [6, 6.07) is -0.495. The lowest BCUT2D eigenvalue weighted by molar-refractivity contribution is -0.138. The maximum atomic E-state index is 10.5. The topological polar surface area (TPSA) is 49.3 Å². The Morgan fingerprint density at radius 1 is 1.58 bits per heavy atom. The van der Waals surface area contributed by atoms with Crippen molar-refractivity contribution < 1.29 is 9.90 Å². The van der Waals surface area contributed by atoms with Gasteiger partial charge in [-0.15, -0.1) is 0 Å². The van der Waals surface area contributed by atoms with Gasteiger partial charge in [0.2, 0.25) is 0 Å². The number of aliphatic carboxylic acids is 1. The van der Waals surface area contributed by atoms with Crippen LogP contribution in [0, 0.1) is 0 Å². The summed E-state index contributed by atoms with van der Waals surface area (Å²) in [5.41, 5.74) is 0. The highest BCUT2D eigenvalue weighted by molar-refractivity contribution is 7.80. The molecule has 0 fully saturated rings. The first kappa shape index (κ1) is 11.8. The van der Waals surface area contributed by atoms with Gasteiger partial charge < -0.3 is 10.4 Å². The predicted molar refractivity (Wildman–Crippen MR) is 52.8 cm³/mol. The fourth-order valence-electron chi connectivity index (χ4n) is 0.881. The number of carboxylic acid groups (broad SMARTS) is 1. The molecule has 0 heterocycles. The first-order chi connectivity index (χ1) is 5.72. The van der Waals surface area contributed by atoms with Crippen molar-refractivity contribution >= 4 is 18.6 Å². The predicted octanol–water partition coefficient (Wildman–Crippen LogP) is 1.15. The molecule has 72 valence electrons. The van der Waals surface area contributed by atoms with E-state index in [1.165, 1.54) is 0 Å².